The Balaban J connectivity index is 1.48. The summed E-state index contributed by atoms with van der Waals surface area (Å²) in [5.74, 6) is 0.777. The molecule has 1 amide bonds. The van der Waals surface area contributed by atoms with Crippen molar-refractivity contribution in [1.29, 1.82) is 0 Å². The Morgan fingerprint density at radius 3 is 2.40 bits per heavy atom. The third kappa shape index (κ3) is 5.84. The molecule has 0 bridgehead atoms. The number of amides is 1. The summed E-state index contributed by atoms with van der Waals surface area (Å²) < 4.78 is 1.41. The predicted molar refractivity (Wildman–Crippen MR) is 126 cm³/mol. The van der Waals surface area contributed by atoms with Crippen LogP contribution < -0.4 is 4.46 Å². The molecule has 2 aromatic rings. The minimum absolute atomic E-state index is 0.112. The summed E-state index contributed by atoms with van der Waals surface area (Å²) in [4.78, 5) is 14.8. The second kappa shape index (κ2) is 10.6. The number of hydrogen-bond donors (Lipinski definition) is 0. The molecule has 154 valence electrons. The summed E-state index contributed by atoms with van der Waals surface area (Å²) >= 11 is 0.383. The molecular weight excluding hydrogens is 433 g/mol. The molecule has 0 unspecified atom stereocenters. The van der Waals surface area contributed by atoms with Gasteiger partial charge in [-0.3, -0.25) is 0 Å². The van der Waals surface area contributed by atoms with Crippen LogP contribution in [-0.2, 0) is 11.3 Å². The molecule has 1 aliphatic carbocycles. The first-order valence-corrected chi connectivity index (χ1v) is 13.0. The molecule has 0 spiro atoms. The van der Waals surface area contributed by atoms with Crippen molar-refractivity contribution < 1.29 is 4.79 Å². The van der Waals surface area contributed by atoms with Crippen LogP contribution in [0.25, 0.3) is 0 Å². The van der Waals surface area contributed by atoms with Crippen LogP contribution in [0.15, 0.2) is 96.2 Å². The van der Waals surface area contributed by atoms with Crippen LogP contribution in [-0.4, -0.2) is 25.8 Å². The molecule has 2 nitrogen and oxygen atoms in total. The molecule has 2 aromatic carbocycles. The number of benzene rings is 2. The van der Waals surface area contributed by atoms with Crippen LogP contribution in [0.1, 0.15) is 37.7 Å². The van der Waals surface area contributed by atoms with Gasteiger partial charge in [-0.05, 0) is 0 Å². The van der Waals surface area contributed by atoms with Crippen molar-refractivity contribution in [3.8, 4) is 0 Å². The number of rotatable bonds is 7. The normalized spacial score (nSPS) is 19.1. The zero-order valence-corrected chi connectivity index (χ0v) is 19.1. The van der Waals surface area contributed by atoms with E-state index in [0.29, 0.717) is 27.4 Å². The van der Waals surface area contributed by atoms with Gasteiger partial charge in [0, 0.05) is 0 Å². The van der Waals surface area contributed by atoms with Crippen molar-refractivity contribution in [2.24, 2.45) is 5.92 Å². The molecular formula is C27H29NOSe. The summed E-state index contributed by atoms with van der Waals surface area (Å²) in [5, 5.41) is 1.04. The van der Waals surface area contributed by atoms with Crippen LogP contribution in [0.5, 0.6) is 0 Å². The van der Waals surface area contributed by atoms with E-state index >= 15 is 0 Å². The van der Waals surface area contributed by atoms with Crippen molar-refractivity contribution in [1.82, 2.24) is 4.90 Å². The maximum absolute atomic E-state index is 13.0. The molecule has 0 saturated heterocycles. The van der Waals surface area contributed by atoms with Crippen LogP contribution in [0.3, 0.4) is 0 Å². The van der Waals surface area contributed by atoms with Gasteiger partial charge in [-0.2, -0.15) is 0 Å². The quantitative estimate of drug-likeness (QED) is 0.397. The van der Waals surface area contributed by atoms with E-state index < -0.39 is 0 Å². The van der Waals surface area contributed by atoms with E-state index in [9.17, 15) is 4.79 Å². The van der Waals surface area contributed by atoms with Crippen LogP contribution in [0, 0.1) is 5.92 Å². The Bertz CT molecular complexity index is 924. The van der Waals surface area contributed by atoms with E-state index in [1.165, 1.54) is 42.1 Å². The van der Waals surface area contributed by atoms with E-state index in [1.807, 2.05) is 35.4 Å². The molecule has 1 aliphatic heterocycles. The fourth-order valence-electron chi connectivity index (χ4n) is 4.11. The van der Waals surface area contributed by atoms with Crippen molar-refractivity contribution in [2.45, 2.75) is 44.0 Å². The van der Waals surface area contributed by atoms with E-state index in [1.54, 1.807) is 0 Å². The van der Waals surface area contributed by atoms with Gasteiger partial charge in [0.15, 0.2) is 0 Å². The molecule has 0 radical (unpaired) electrons. The summed E-state index contributed by atoms with van der Waals surface area (Å²) in [7, 11) is 0. The fraction of sp³-hybridized carbons (Fsp3) is 0.296. The molecule has 2 aliphatic rings. The summed E-state index contributed by atoms with van der Waals surface area (Å²) in [5.41, 5.74) is 3.30. The standard InChI is InChI=1S/C27H29NOSe/c29-27-25(16-17-28(27)20-23-12-6-2-7-13-23)19-24(18-22-10-4-1-5-11-22)21-30-26-14-8-3-9-15-26/h2-3,6-9,12-19,22H,1,4-5,10-11,20-21H2/b24-18+,25-19-. The Morgan fingerprint density at radius 2 is 1.67 bits per heavy atom. The molecule has 1 fully saturated rings. The Hall–Kier alpha value is -2.35. The molecule has 3 heteroatoms. The Labute approximate surface area is 186 Å². The van der Waals surface area contributed by atoms with Crippen LogP contribution >= 0.6 is 0 Å². The van der Waals surface area contributed by atoms with Gasteiger partial charge in [-0.25, -0.2) is 0 Å². The SMILES string of the molecule is O=C1/C(=C\C(=C/C2CCCCC2)C[Se]c2ccccc2)C=CN1Cc1ccccc1. The van der Waals surface area contributed by atoms with Gasteiger partial charge in [-0.1, -0.05) is 0 Å². The fourth-order valence-corrected chi connectivity index (χ4v) is 5.92. The number of allylic oxidation sites excluding steroid dienone is 3. The molecule has 1 saturated carbocycles. The minimum atomic E-state index is 0.112. The van der Waals surface area contributed by atoms with Gasteiger partial charge in [0.05, 0.1) is 0 Å². The number of hydrogen-bond acceptors (Lipinski definition) is 1. The molecule has 4 rings (SSSR count). The third-order valence-electron chi connectivity index (χ3n) is 5.73. The van der Waals surface area contributed by atoms with Crippen molar-refractivity contribution in [3.63, 3.8) is 0 Å². The second-order valence-electron chi connectivity index (χ2n) is 8.08. The molecule has 0 aromatic heterocycles. The first-order valence-electron chi connectivity index (χ1n) is 10.9. The average molecular weight is 462 g/mol. The zero-order chi connectivity index (χ0) is 20.6. The van der Waals surface area contributed by atoms with Gasteiger partial charge >= 0.3 is 187 Å². The average Bonchev–Trinajstić information content (AvgIpc) is 3.13. The van der Waals surface area contributed by atoms with Gasteiger partial charge in [0.2, 0.25) is 0 Å². The monoisotopic (exact) mass is 463 g/mol. The second-order valence-corrected chi connectivity index (χ2v) is 10.3. The summed E-state index contributed by atoms with van der Waals surface area (Å²) in [6, 6.07) is 20.9. The first-order chi connectivity index (χ1) is 14.8. The van der Waals surface area contributed by atoms with E-state index in [0.717, 1.165) is 16.5 Å². The number of nitrogens with zero attached hydrogens (tertiary/aromatic N) is 1. The Morgan fingerprint density at radius 1 is 0.967 bits per heavy atom. The molecule has 0 N–H and O–H groups in total. The summed E-state index contributed by atoms with van der Waals surface area (Å²) in [6.45, 7) is 0.628. The van der Waals surface area contributed by atoms with Crippen molar-refractivity contribution in [3.05, 3.63) is 102 Å². The van der Waals surface area contributed by atoms with Gasteiger partial charge < -0.3 is 0 Å². The van der Waals surface area contributed by atoms with E-state index in [-0.39, 0.29) is 5.91 Å². The van der Waals surface area contributed by atoms with E-state index in [4.69, 9.17) is 0 Å². The number of carbonyl (C=O) groups is 1. The van der Waals surface area contributed by atoms with Gasteiger partial charge in [0.25, 0.3) is 0 Å². The third-order valence-corrected chi connectivity index (χ3v) is 8.00. The predicted octanol–water partition coefficient (Wildman–Crippen LogP) is 5.42. The molecule has 30 heavy (non-hydrogen) atoms. The van der Waals surface area contributed by atoms with E-state index in [2.05, 4.69) is 54.6 Å². The first kappa shape index (κ1) is 20.9. The molecule has 0 atom stereocenters. The van der Waals surface area contributed by atoms with Crippen LogP contribution in [0.2, 0.25) is 5.32 Å². The molecule has 1 heterocycles. The van der Waals surface area contributed by atoms with Crippen LogP contribution in [0.4, 0.5) is 0 Å². The zero-order valence-electron chi connectivity index (χ0n) is 17.4. The van der Waals surface area contributed by atoms with Gasteiger partial charge in [0.1, 0.15) is 0 Å². The summed E-state index contributed by atoms with van der Waals surface area (Å²) in [6.07, 6.45) is 15.1. The number of carbonyl (C=O) groups excluding carboxylic acids is 1. The Kier molecular flexibility index (Phi) is 7.39. The van der Waals surface area contributed by atoms with Crippen molar-refractivity contribution >= 4 is 25.3 Å². The van der Waals surface area contributed by atoms with Gasteiger partial charge in [-0.15, -0.1) is 0 Å². The maximum atomic E-state index is 13.0. The van der Waals surface area contributed by atoms with Crippen molar-refractivity contribution in [2.75, 3.05) is 0 Å². The topological polar surface area (TPSA) is 20.3 Å².